The highest BCUT2D eigenvalue weighted by Gasteiger charge is 2.50. The van der Waals surface area contributed by atoms with Gasteiger partial charge in [-0.25, -0.2) is 13.5 Å². The van der Waals surface area contributed by atoms with Gasteiger partial charge in [0.2, 0.25) is 0 Å². The highest BCUT2D eigenvalue weighted by atomic mass is 35.5. The van der Waals surface area contributed by atoms with Crippen LogP contribution in [0.25, 0.3) is 22.2 Å². The van der Waals surface area contributed by atoms with Crippen LogP contribution in [0.15, 0.2) is 18.3 Å². The quantitative estimate of drug-likeness (QED) is 0.309. The molecule has 6 heterocycles. The average molecular weight is 720 g/mol. The first-order chi connectivity index (χ1) is 23.5. The predicted molar refractivity (Wildman–Crippen MR) is 180 cm³/mol. The fourth-order valence-electron chi connectivity index (χ4n) is 8.39. The van der Waals surface area contributed by atoms with Gasteiger partial charge in [-0.2, -0.15) is 23.1 Å². The number of alkyl halides is 1. The van der Waals surface area contributed by atoms with E-state index in [4.69, 9.17) is 30.8 Å². The minimum atomic E-state index is -3.63. The van der Waals surface area contributed by atoms with E-state index in [-0.39, 0.29) is 43.1 Å². The second-order valence-electron chi connectivity index (χ2n) is 14.3. The Morgan fingerprint density at radius 1 is 1.16 bits per heavy atom. The lowest BCUT2D eigenvalue weighted by Gasteiger charge is -2.40. The fraction of sp³-hybridized carbons (Fsp3) is 0.606. The van der Waals surface area contributed by atoms with Crippen molar-refractivity contribution in [1.82, 2.24) is 29.3 Å². The Labute approximate surface area is 289 Å². The minimum Gasteiger partial charge on any atom is -0.467 e. The van der Waals surface area contributed by atoms with E-state index in [2.05, 4.69) is 31.2 Å². The van der Waals surface area contributed by atoms with E-state index in [0.717, 1.165) is 31.4 Å². The molecule has 0 bridgehead atoms. The summed E-state index contributed by atoms with van der Waals surface area (Å²) in [5, 5.41) is 0.824. The molecule has 5 fully saturated rings. The highest BCUT2D eigenvalue weighted by Crippen LogP contribution is 2.53. The van der Waals surface area contributed by atoms with Crippen LogP contribution in [0.5, 0.6) is 11.8 Å². The number of nitrogens with zero attached hydrogens (tertiary/aromatic N) is 5. The van der Waals surface area contributed by atoms with E-state index in [9.17, 15) is 12.8 Å². The molecule has 0 radical (unpaired) electrons. The average Bonchev–Trinajstić information content (AvgIpc) is 3.35. The molecule has 1 aliphatic carbocycles. The molecular formula is C33H40ClF2N7O5S. The summed E-state index contributed by atoms with van der Waals surface area (Å²) in [6, 6.07) is 3.42. The lowest BCUT2D eigenvalue weighted by atomic mass is 9.90. The molecule has 8 rings (SSSR count). The molecule has 1 aromatic carbocycles. The largest absolute Gasteiger partial charge is 0.467 e. The van der Waals surface area contributed by atoms with Crippen LogP contribution in [0.4, 0.5) is 14.6 Å². The first kappa shape index (κ1) is 33.2. The Morgan fingerprint density at radius 3 is 2.73 bits per heavy atom. The van der Waals surface area contributed by atoms with Gasteiger partial charge in [-0.1, -0.05) is 18.5 Å². The zero-order valence-corrected chi connectivity index (χ0v) is 29.0. The van der Waals surface area contributed by atoms with Gasteiger partial charge < -0.3 is 19.1 Å². The standard InChI is InChI=1S/C33H40ClF2N7O5S/c1-19-9-22(19)26-23(10-21(11-25(26)34)48-18-46-2)28-27(36)29-24(13-37-28)30(42-7-3-5-32(16-42)15-38-49(44,45)41-32)40-31(39-29)47-17-33-6-4-8-43(33)14-20(35)12-33/h10-11,13,19-20,22,38,41H,3-9,12,14-18H2,1-2H3/t19-,20-,22+,32?,33+/m1/s1. The minimum absolute atomic E-state index is 0.00899. The van der Waals surface area contributed by atoms with Gasteiger partial charge in [-0.05, 0) is 68.2 Å². The summed E-state index contributed by atoms with van der Waals surface area (Å²) < 4.78 is 78.8. The molecule has 1 spiro atoms. The third-order valence-corrected chi connectivity index (χ3v) is 12.4. The molecule has 1 saturated carbocycles. The number of methoxy groups -OCH3 is 1. The maximum atomic E-state index is 17.1. The Kier molecular flexibility index (Phi) is 8.39. The van der Waals surface area contributed by atoms with Crippen molar-refractivity contribution in [3.8, 4) is 23.0 Å². The molecule has 2 N–H and O–H groups in total. The summed E-state index contributed by atoms with van der Waals surface area (Å²) >= 11 is 6.82. The lowest BCUT2D eigenvalue weighted by Crippen LogP contribution is -2.56. The zero-order valence-electron chi connectivity index (χ0n) is 27.5. The lowest BCUT2D eigenvalue weighted by molar-refractivity contribution is 0.0511. The van der Waals surface area contributed by atoms with Crippen molar-refractivity contribution in [3.05, 3.63) is 34.7 Å². The molecule has 12 nitrogen and oxygen atoms in total. The second kappa shape index (κ2) is 12.4. The molecule has 4 saturated heterocycles. The van der Waals surface area contributed by atoms with Gasteiger partial charge >= 0.3 is 6.01 Å². The number of hydrogen-bond donors (Lipinski definition) is 2. The number of hydrogen-bond acceptors (Lipinski definition) is 10. The number of nitrogens with one attached hydrogen (secondary N) is 2. The summed E-state index contributed by atoms with van der Waals surface area (Å²) in [5.74, 6) is 0.665. The Hall–Kier alpha value is -2.95. The summed E-state index contributed by atoms with van der Waals surface area (Å²) in [4.78, 5) is 18.2. The molecule has 264 valence electrons. The number of piperidine rings is 1. The van der Waals surface area contributed by atoms with Crippen molar-refractivity contribution in [2.24, 2.45) is 5.92 Å². The van der Waals surface area contributed by atoms with Crippen molar-refractivity contribution >= 4 is 38.5 Å². The molecule has 5 atom stereocenters. The number of pyridine rings is 1. The zero-order chi connectivity index (χ0) is 34.1. The molecule has 3 aromatic rings. The summed E-state index contributed by atoms with van der Waals surface area (Å²) in [5.41, 5.74) is 0.189. The molecule has 4 aliphatic heterocycles. The van der Waals surface area contributed by atoms with Crippen molar-refractivity contribution in [2.75, 3.05) is 58.1 Å². The number of fused-ring (bicyclic) bond motifs is 2. The molecule has 2 aromatic heterocycles. The van der Waals surface area contributed by atoms with E-state index < -0.39 is 33.3 Å². The van der Waals surface area contributed by atoms with Crippen LogP contribution in [0.3, 0.4) is 0 Å². The van der Waals surface area contributed by atoms with Crippen molar-refractivity contribution in [1.29, 1.82) is 0 Å². The van der Waals surface area contributed by atoms with Gasteiger partial charge in [0.05, 0.1) is 16.5 Å². The van der Waals surface area contributed by atoms with Crippen molar-refractivity contribution in [3.63, 3.8) is 0 Å². The maximum absolute atomic E-state index is 17.1. The number of anilines is 1. The third kappa shape index (κ3) is 6.09. The summed E-state index contributed by atoms with van der Waals surface area (Å²) in [6.07, 6.45) is 4.95. The Balaban J connectivity index is 1.23. The second-order valence-corrected chi connectivity index (χ2v) is 16.3. The Bertz CT molecular complexity index is 1910. The summed E-state index contributed by atoms with van der Waals surface area (Å²) in [6.45, 7) is 4.53. The normalized spacial score (nSPS) is 30.7. The predicted octanol–water partition coefficient (Wildman–Crippen LogP) is 4.32. The van der Waals surface area contributed by atoms with Gasteiger partial charge in [0.15, 0.2) is 12.6 Å². The number of rotatable bonds is 9. The summed E-state index contributed by atoms with van der Waals surface area (Å²) in [7, 11) is -2.12. The molecule has 1 unspecified atom stereocenters. The smallest absolute Gasteiger partial charge is 0.319 e. The van der Waals surface area contributed by atoms with Crippen LogP contribution in [0, 0.1) is 11.7 Å². The molecule has 16 heteroatoms. The fourth-order valence-corrected chi connectivity index (χ4v) is 10.1. The van der Waals surface area contributed by atoms with E-state index in [1.807, 2.05) is 4.90 Å². The van der Waals surface area contributed by atoms with Gasteiger partial charge in [-0.15, -0.1) is 0 Å². The van der Waals surface area contributed by atoms with Gasteiger partial charge in [0, 0.05) is 56.5 Å². The SMILES string of the molecule is COCOc1cc(Cl)c([C@H]2C[C@H]2C)c(-c2ncc3c(N4CCCC5(CNS(=O)(=O)N5)C4)nc(OC[C@@]45CCCN4C[C@H](F)C5)nc3c2F)c1. The number of halogens is 3. The molecular weight excluding hydrogens is 680 g/mol. The topological polar surface area (TPSA) is 131 Å². The van der Waals surface area contributed by atoms with Crippen molar-refractivity contribution < 1.29 is 31.4 Å². The number of ether oxygens (including phenoxy) is 3. The monoisotopic (exact) mass is 719 g/mol. The number of benzene rings is 1. The van der Waals surface area contributed by atoms with Gasteiger partial charge in [0.1, 0.15) is 35.6 Å². The Morgan fingerprint density at radius 2 is 1.98 bits per heavy atom. The maximum Gasteiger partial charge on any atom is 0.319 e. The van der Waals surface area contributed by atoms with Crippen LogP contribution < -0.4 is 23.8 Å². The number of aromatic nitrogens is 3. The first-order valence-electron chi connectivity index (χ1n) is 16.9. The van der Waals surface area contributed by atoms with Gasteiger partial charge in [-0.3, -0.25) is 9.88 Å². The van der Waals surface area contributed by atoms with Crippen LogP contribution in [0.1, 0.15) is 56.9 Å². The van der Waals surface area contributed by atoms with E-state index in [1.165, 1.54) is 7.11 Å². The molecule has 0 amide bonds. The van der Waals surface area contributed by atoms with E-state index in [1.54, 1.807) is 18.3 Å². The van der Waals surface area contributed by atoms with Gasteiger partial charge in [0.25, 0.3) is 10.2 Å². The van der Waals surface area contributed by atoms with Crippen molar-refractivity contribution in [2.45, 2.75) is 68.6 Å². The first-order valence-corrected chi connectivity index (χ1v) is 18.7. The highest BCUT2D eigenvalue weighted by molar-refractivity contribution is 7.87. The van der Waals surface area contributed by atoms with E-state index in [0.29, 0.717) is 72.4 Å². The molecule has 5 aliphatic rings. The molecule has 49 heavy (non-hydrogen) atoms. The van der Waals surface area contributed by atoms with Crippen LogP contribution in [0.2, 0.25) is 5.02 Å². The third-order valence-electron chi connectivity index (χ3n) is 10.9. The van der Waals surface area contributed by atoms with Crippen LogP contribution in [-0.2, 0) is 14.9 Å². The van der Waals surface area contributed by atoms with E-state index >= 15 is 4.39 Å². The van der Waals surface area contributed by atoms with Crippen LogP contribution in [-0.4, -0.2) is 98.8 Å². The van der Waals surface area contributed by atoms with Crippen LogP contribution >= 0.6 is 11.6 Å².